The summed E-state index contributed by atoms with van der Waals surface area (Å²) in [5.74, 6) is 0.783. The van der Waals surface area contributed by atoms with Crippen LogP contribution in [0.5, 0.6) is 0 Å². The summed E-state index contributed by atoms with van der Waals surface area (Å²) in [7, 11) is 0. The Labute approximate surface area is 97.3 Å². The zero-order chi connectivity index (χ0) is 11.2. The molecular weight excluding hydrogens is 204 g/mol. The van der Waals surface area contributed by atoms with Crippen LogP contribution in [0.4, 0.5) is 0 Å². The third-order valence-electron chi connectivity index (χ3n) is 3.77. The van der Waals surface area contributed by atoms with Crippen LogP contribution in [-0.4, -0.2) is 50.2 Å². The topological polar surface area (TPSA) is 41.6 Å². The van der Waals surface area contributed by atoms with Crippen LogP contribution in [0.3, 0.4) is 0 Å². The highest BCUT2D eigenvalue weighted by Crippen LogP contribution is 2.18. The predicted molar refractivity (Wildman–Crippen MR) is 62.2 cm³/mol. The Balaban J connectivity index is 1.59. The zero-order valence-corrected chi connectivity index (χ0v) is 9.86. The van der Waals surface area contributed by atoms with Crippen molar-refractivity contribution in [1.82, 2.24) is 10.2 Å². The van der Waals surface area contributed by atoms with Gasteiger partial charge in [-0.05, 0) is 38.1 Å². The molecule has 2 rings (SSSR count). The van der Waals surface area contributed by atoms with E-state index in [1.54, 1.807) is 0 Å². The number of carbonyl (C=O) groups is 1. The summed E-state index contributed by atoms with van der Waals surface area (Å²) in [5, 5.41) is 2.87. The maximum atomic E-state index is 10.3. The van der Waals surface area contributed by atoms with E-state index in [-0.39, 0.29) is 0 Å². The van der Waals surface area contributed by atoms with E-state index in [1.165, 1.54) is 19.4 Å². The number of ether oxygens (including phenoxy) is 1. The van der Waals surface area contributed by atoms with Gasteiger partial charge in [0.1, 0.15) is 0 Å². The van der Waals surface area contributed by atoms with Crippen LogP contribution in [0.25, 0.3) is 0 Å². The van der Waals surface area contributed by atoms with Gasteiger partial charge in [0.15, 0.2) is 0 Å². The molecule has 2 heterocycles. The molecule has 2 saturated heterocycles. The van der Waals surface area contributed by atoms with Gasteiger partial charge in [-0.2, -0.15) is 0 Å². The van der Waals surface area contributed by atoms with E-state index in [1.807, 2.05) is 0 Å². The molecule has 92 valence electrons. The van der Waals surface area contributed by atoms with E-state index in [0.717, 1.165) is 51.5 Å². The van der Waals surface area contributed by atoms with Gasteiger partial charge in [-0.25, -0.2) is 0 Å². The monoisotopic (exact) mass is 226 g/mol. The molecule has 4 heteroatoms. The molecule has 1 N–H and O–H groups in total. The first-order valence-electron chi connectivity index (χ1n) is 6.38. The van der Waals surface area contributed by atoms with Crippen molar-refractivity contribution in [2.24, 2.45) is 5.92 Å². The minimum Gasteiger partial charge on any atom is -0.381 e. The maximum Gasteiger partial charge on any atom is 0.207 e. The van der Waals surface area contributed by atoms with Crippen LogP contribution in [0.2, 0.25) is 0 Å². The molecule has 2 fully saturated rings. The molecule has 2 aliphatic rings. The zero-order valence-electron chi connectivity index (χ0n) is 9.86. The summed E-state index contributed by atoms with van der Waals surface area (Å²) in [4.78, 5) is 12.8. The fourth-order valence-corrected chi connectivity index (χ4v) is 2.60. The first-order chi connectivity index (χ1) is 7.88. The van der Waals surface area contributed by atoms with Crippen molar-refractivity contribution in [3.05, 3.63) is 0 Å². The smallest absolute Gasteiger partial charge is 0.207 e. The minimum atomic E-state index is 0.406. The van der Waals surface area contributed by atoms with Crippen LogP contribution in [-0.2, 0) is 9.53 Å². The molecule has 0 saturated carbocycles. The number of piperidine rings is 1. The molecule has 1 amide bonds. The number of carbonyl (C=O) groups excluding carboxylic acids is 1. The number of nitrogens with zero attached hydrogens (tertiary/aromatic N) is 1. The Morgan fingerprint density at radius 2 is 2.12 bits per heavy atom. The van der Waals surface area contributed by atoms with Gasteiger partial charge in [0.05, 0.1) is 0 Å². The molecule has 0 aromatic carbocycles. The Bertz CT molecular complexity index is 209. The second-order valence-corrected chi connectivity index (χ2v) is 4.92. The third kappa shape index (κ3) is 3.46. The average molecular weight is 226 g/mol. The van der Waals surface area contributed by atoms with Gasteiger partial charge in [-0.1, -0.05) is 0 Å². The van der Waals surface area contributed by atoms with Crippen molar-refractivity contribution < 1.29 is 9.53 Å². The van der Waals surface area contributed by atoms with Crippen molar-refractivity contribution in [2.45, 2.75) is 31.7 Å². The minimum absolute atomic E-state index is 0.406. The molecular formula is C12H22N2O2. The van der Waals surface area contributed by atoms with Crippen molar-refractivity contribution in [3.8, 4) is 0 Å². The molecule has 0 aromatic rings. The second-order valence-electron chi connectivity index (χ2n) is 4.92. The van der Waals surface area contributed by atoms with Gasteiger partial charge >= 0.3 is 0 Å². The van der Waals surface area contributed by atoms with Crippen LogP contribution >= 0.6 is 0 Å². The molecule has 1 unspecified atom stereocenters. The lowest BCUT2D eigenvalue weighted by Gasteiger charge is -2.32. The van der Waals surface area contributed by atoms with Crippen molar-refractivity contribution >= 4 is 6.41 Å². The molecule has 2 aliphatic heterocycles. The molecule has 0 bridgehead atoms. The van der Waals surface area contributed by atoms with Crippen molar-refractivity contribution in [1.29, 1.82) is 0 Å². The highest BCUT2D eigenvalue weighted by atomic mass is 16.5. The van der Waals surface area contributed by atoms with E-state index >= 15 is 0 Å². The van der Waals surface area contributed by atoms with Crippen molar-refractivity contribution in [2.75, 3.05) is 32.8 Å². The number of hydrogen-bond acceptors (Lipinski definition) is 3. The molecule has 1 atom stereocenters. The highest BCUT2D eigenvalue weighted by molar-refractivity contribution is 5.46. The van der Waals surface area contributed by atoms with E-state index in [2.05, 4.69) is 10.2 Å². The first-order valence-corrected chi connectivity index (χ1v) is 6.38. The SMILES string of the molecule is O=CNC1CCN(CCC2CCOC2)CC1. The maximum absolute atomic E-state index is 10.3. The third-order valence-corrected chi connectivity index (χ3v) is 3.77. The molecule has 0 spiro atoms. The van der Waals surface area contributed by atoms with Gasteiger partial charge in [0, 0.05) is 32.3 Å². The van der Waals surface area contributed by atoms with Crippen LogP contribution < -0.4 is 5.32 Å². The number of amides is 1. The summed E-state index contributed by atoms with van der Waals surface area (Å²) >= 11 is 0. The van der Waals surface area contributed by atoms with E-state index < -0.39 is 0 Å². The largest absolute Gasteiger partial charge is 0.381 e. The Morgan fingerprint density at radius 1 is 1.31 bits per heavy atom. The van der Waals surface area contributed by atoms with Crippen LogP contribution in [0.1, 0.15) is 25.7 Å². The van der Waals surface area contributed by atoms with Gasteiger partial charge < -0.3 is 15.0 Å². The van der Waals surface area contributed by atoms with Gasteiger partial charge in [-0.15, -0.1) is 0 Å². The fourth-order valence-electron chi connectivity index (χ4n) is 2.60. The Kier molecular flexibility index (Phi) is 4.60. The average Bonchev–Trinajstić information content (AvgIpc) is 2.82. The van der Waals surface area contributed by atoms with Crippen LogP contribution in [0.15, 0.2) is 0 Å². The summed E-state index contributed by atoms with van der Waals surface area (Å²) in [6.07, 6.45) is 5.53. The molecule has 0 aliphatic carbocycles. The first kappa shape index (κ1) is 11.9. The van der Waals surface area contributed by atoms with E-state index in [0.29, 0.717) is 6.04 Å². The summed E-state index contributed by atoms with van der Waals surface area (Å²) in [6.45, 7) is 5.36. The number of likely N-dealkylation sites (tertiary alicyclic amines) is 1. The Morgan fingerprint density at radius 3 is 2.75 bits per heavy atom. The number of hydrogen-bond donors (Lipinski definition) is 1. The lowest BCUT2D eigenvalue weighted by atomic mass is 10.0. The predicted octanol–water partition coefficient (Wildman–Crippen LogP) is 0.623. The molecule has 0 radical (unpaired) electrons. The molecule has 4 nitrogen and oxygen atoms in total. The molecule has 0 aromatic heterocycles. The molecule has 16 heavy (non-hydrogen) atoms. The Hall–Kier alpha value is -0.610. The van der Waals surface area contributed by atoms with Gasteiger partial charge in [0.25, 0.3) is 0 Å². The fraction of sp³-hybridized carbons (Fsp3) is 0.917. The summed E-state index contributed by atoms with van der Waals surface area (Å²) in [6, 6.07) is 0.406. The highest BCUT2D eigenvalue weighted by Gasteiger charge is 2.20. The quantitative estimate of drug-likeness (QED) is 0.699. The van der Waals surface area contributed by atoms with Crippen LogP contribution in [0, 0.1) is 5.92 Å². The van der Waals surface area contributed by atoms with Gasteiger partial charge in [-0.3, -0.25) is 4.79 Å². The lowest BCUT2D eigenvalue weighted by Crippen LogP contribution is -2.42. The van der Waals surface area contributed by atoms with E-state index in [9.17, 15) is 4.79 Å². The standard InChI is InChI=1S/C12H22N2O2/c15-10-13-12-2-6-14(7-3-12)5-1-11-4-8-16-9-11/h10-12H,1-9H2,(H,13,15). The number of rotatable bonds is 5. The normalized spacial score (nSPS) is 28.1. The second kappa shape index (κ2) is 6.21. The summed E-state index contributed by atoms with van der Waals surface area (Å²) < 4.78 is 5.38. The van der Waals surface area contributed by atoms with Crippen molar-refractivity contribution in [3.63, 3.8) is 0 Å². The van der Waals surface area contributed by atoms with Gasteiger partial charge in [0.2, 0.25) is 6.41 Å². The number of nitrogens with one attached hydrogen (secondary N) is 1. The van der Waals surface area contributed by atoms with E-state index in [4.69, 9.17) is 4.74 Å². The lowest BCUT2D eigenvalue weighted by molar-refractivity contribution is -0.110. The summed E-state index contributed by atoms with van der Waals surface area (Å²) in [5.41, 5.74) is 0.